The van der Waals surface area contributed by atoms with Crippen LogP contribution in [0.4, 0.5) is 0 Å². The molecule has 18 heavy (non-hydrogen) atoms. The third-order valence-corrected chi connectivity index (χ3v) is 4.77. The molecule has 1 aromatic heterocycles. The van der Waals surface area contributed by atoms with Crippen LogP contribution < -0.4 is 5.32 Å². The van der Waals surface area contributed by atoms with Gasteiger partial charge in [-0.05, 0) is 43.0 Å². The fourth-order valence-corrected chi connectivity index (χ4v) is 3.52. The van der Waals surface area contributed by atoms with Crippen molar-refractivity contribution in [3.63, 3.8) is 0 Å². The first-order valence-electron chi connectivity index (χ1n) is 5.82. The molecule has 0 amide bonds. The van der Waals surface area contributed by atoms with Gasteiger partial charge >= 0.3 is 0 Å². The second-order valence-corrected chi connectivity index (χ2v) is 6.59. The normalized spacial score (nSPS) is 14.4. The number of thiophene rings is 1. The number of rotatable bonds is 4. The van der Waals surface area contributed by atoms with Gasteiger partial charge in [0, 0.05) is 26.5 Å². The van der Waals surface area contributed by atoms with Gasteiger partial charge in [0.1, 0.15) is 0 Å². The van der Waals surface area contributed by atoms with Crippen molar-refractivity contribution in [2.45, 2.75) is 25.9 Å². The molecule has 2 rings (SSSR count). The van der Waals surface area contributed by atoms with Crippen molar-refractivity contribution in [2.24, 2.45) is 0 Å². The fourth-order valence-electron chi connectivity index (χ4n) is 1.94. The van der Waals surface area contributed by atoms with Crippen LogP contribution in [0.3, 0.4) is 0 Å². The number of hydrogen-bond acceptors (Lipinski definition) is 2. The average Bonchev–Trinajstić information content (AvgIpc) is 2.81. The van der Waals surface area contributed by atoms with Crippen LogP contribution in [-0.4, -0.2) is 0 Å². The monoisotopic (exact) mass is 343 g/mol. The summed E-state index contributed by atoms with van der Waals surface area (Å²) in [7, 11) is 0. The smallest absolute Gasteiger partial charge is 0.0464 e. The lowest BCUT2D eigenvalue weighted by Crippen LogP contribution is -2.22. The van der Waals surface area contributed by atoms with E-state index in [1.165, 1.54) is 4.88 Å². The maximum atomic E-state index is 6.27. The van der Waals surface area contributed by atoms with E-state index >= 15 is 0 Å². The maximum Gasteiger partial charge on any atom is 0.0464 e. The Hall–Kier alpha value is -0.350. The molecule has 2 aromatic rings. The fraction of sp³-hybridized carbons (Fsp3) is 0.286. The van der Waals surface area contributed by atoms with Crippen LogP contribution in [0, 0.1) is 0 Å². The van der Waals surface area contributed by atoms with Crippen molar-refractivity contribution >= 4 is 38.9 Å². The summed E-state index contributed by atoms with van der Waals surface area (Å²) in [6, 6.07) is 10.8. The summed E-state index contributed by atoms with van der Waals surface area (Å²) in [4.78, 5) is 1.34. The summed E-state index contributed by atoms with van der Waals surface area (Å²) >= 11 is 11.5. The Kier molecular flexibility index (Phi) is 4.84. The predicted molar refractivity (Wildman–Crippen MR) is 83.4 cm³/mol. The van der Waals surface area contributed by atoms with E-state index in [4.69, 9.17) is 11.6 Å². The van der Waals surface area contributed by atoms with Gasteiger partial charge in [-0.15, -0.1) is 11.3 Å². The molecule has 1 N–H and O–H groups in total. The van der Waals surface area contributed by atoms with E-state index in [1.807, 2.05) is 12.1 Å². The highest BCUT2D eigenvalue weighted by Gasteiger charge is 2.14. The van der Waals surface area contributed by atoms with E-state index in [-0.39, 0.29) is 6.04 Å². The molecule has 0 aliphatic heterocycles. The first-order valence-corrected chi connectivity index (χ1v) is 7.87. The first kappa shape index (κ1) is 14.1. The van der Waals surface area contributed by atoms with E-state index in [2.05, 4.69) is 58.7 Å². The van der Waals surface area contributed by atoms with Gasteiger partial charge in [0.05, 0.1) is 0 Å². The van der Waals surface area contributed by atoms with Gasteiger partial charge in [-0.2, -0.15) is 0 Å². The van der Waals surface area contributed by atoms with Crippen LogP contribution >= 0.6 is 38.9 Å². The largest absolute Gasteiger partial charge is 0.303 e. The minimum absolute atomic E-state index is 0.225. The minimum Gasteiger partial charge on any atom is -0.303 e. The first-order chi connectivity index (χ1) is 8.58. The minimum atomic E-state index is 0.225. The van der Waals surface area contributed by atoms with Crippen LogP contribution in [0.2, 0.25) is 5.02 Å². The van der Waals surface area contributed by atoms with Crippen LogP contribution in [0.5, 0.6) is 0 Å². The average molecular weight is 345 g/mol. The molecule has 4 heteroatoms. The summed E-state index contributed by atoms with van der Waals surface area (Å²) in [6.07, 6.45) is 0. The van der Waals surface area contributed by atoms with Crippen LogP contribution in [0.25, 0.3) is 0 Å². The van der Waals surface area contributed by atoms with Crippen molar-refractivity contribution in [2.75, 3.05) is 0 Å². The highest BCUT2D eigenvalue weighted by atomic mass is 79.9. The summed E-state index contributed by atoms with van der Waals surface area (Å²) in [5.74, 6) is 0. The van der Waals surface area contributed by atoms with Gasteiger partial charge in [-0.3, -0.25) is 0 Å². The van der Waals surface area contributed by atoms with Crippen molar-refractivity contribution in [1.29, 1.82) is 0 Å². The zero-order chi connectivity index (χ0) is 13.1. The van der Waals surface area contributed by atoms with Crippen molar-refractivity contribution in [3.8, 4) is 0 Å². The molecule has 0 bridgehead atoms. The number of hydrogen-bond donors (Lipinski definition) is 1. The third kappa shape index (κ3) is 3.35. The molecule has 1 unspecified atom stereocenters. The zero-order valence-electron chi connectivity index (χ0n) is 10.3. The van der Waals surface area contributed by atoms with Crippen molar-refractivity contribution in [1.82, 2.24) is 5.32 Å². The Balaban J connectivity index is 2.10. The second-order valence-electron chi connectivity index (χ2n) is 4.29. The van der Waals surface area contributed by atoms with Crippen LogP contribution in [0.15, 0.2) is 40.2 Å². The van der Waals surface area contributed by atoms with Gasteiger partial charge in [0.15, 0.2) is 0 Å². The molecule has 0 fully saturated rings. The standard InChI is InChI=1S/C14H15BrClNS/c1-9(12-6-5-11(15)8-13(12)16)17-10(2)14-4-3-7-18-14/h3-10,17H,1-2H3/t9?,10-/m0/s1. The lowest BCUT2D eigenvalue weighted by molar-refractivity contribution is 0.500. The molecule has 0 aliphatic carbocycles. The maximum absolute atomic E-state index is 6.27. The molecule has 0 saturated heterocycles. The van der Waals surface area contributed by atoms with Crippen molar-refractivity contribution < 1.29 is 0 Å². The van der Waals surface area contributed by atoms with E-state index in [0.29, 0.717) is 6.04 Å². The Labute approximate surface area is 125 Å². The highest BCUT2D eigenvalue weighted by Crippen LogP contribution is 2.28. The van der Waals surface area contributed by atoms with Gasteiger partial charge in [-0.1, -0.05) is 39.7 Å². The quantitative estimate of drug-likeness (QED) is 0.764. The van der Waals surface area contributed by atoms with Crippen LogP contribution in [0.1, 0.15) is 36.4 Å². The number of benzene rings is 1. The molecule has 1 heterocycles. The Bertz CT molecular complexity index is 513. The Morgan fingerprint density at radius 3 is 2.61 bits per heavy atom. The summed E-state index contributed by atoms with van der Waals surface area (Å²) < 4.78 is 1.01. The molecule has 1 nitrogen and oxygen atoms in total. The van der Waals surface area contributed by atoms with Gasteiger partial charge in [0.2, 0.25) is 0 Å². The van der Waals surface area contributed by atoms with Gasteiger partial charge in [-0.25, -0.2) is 0 Å². The zero-order valence-corrected chi connectivity index (χ0v) is 13.4. The van der Waals surface area contributed by atoms with E-state index in [0.717, 1.165) is 15.1 Å². The van der Waals surface area contributed by atoms with Gasteiger partial charge in [0.25, 0.3) is 0 Å². The summed E-state index contributed by atoms with van der Waals surface area (Å²) in [5.41, 5.74) is 1.13. The molecular weight excluding hydrogens is 330 g/mol. The Morgan fingerprint density at radius 2 is 2.00 bits per heavy atom. The lowest BCUT2D eigenvalue weighted by Gasteiger charge is -2.20. The van der Waals surface area contributed by atoms with E-state index < -0.39 is 0 Å². The van der Waals surface area contributed by atoms with E-state index in [1.54, 1.807) is 11.3 Å². The molecule has 0 radical (unpaired) electrons. The molecule has 2 atom stereocenters. The second kappa shape index (κ2) is 6.20. The Morgan fingerprint density at radius 1 is 1.22 bits per heavy atom. The molecule has 0 saturated carbocycles. The molecule has 1 aromatic carbocycles. The topological polar surface area (TPSA) is 12.0 Å². The summed E-state index contributed by atoms with van der Waals surface area (Å²) in [6.45, 7) is 4.31. The highest BCUT2D eigenvalue weighted by molar-refractivity contribution is 9.10. The molecule has 0 spiro atoms. The third-order valence-electron chi connectivity index (χ3n) is 2.90. The molecule has 0 aliphatic rings. The van der Waals surface area contributed by atoms with E-state index in [9.17, 15) is 0 Å². The van der Waals surface area contributed by atoms with Gasteiger partial charge < -0.3 is 5.32 Å². The lowest BCUT2D eigenvalue weighted by atomic mass is 10.1. The summed E-state index contributed by atoms with van der Waals surface area (Å²) in [5, 5.41) is 6.47. The molecular formula is C14H15BrClNS. The van der Waals surface area contributed by atoms with Crippen molar-refractivity contribution in [3.05, 3.63) is 55.6 Å². The predicted octanol–water partition coefficient (Wildman–Crippen LogP) is 5.58. The van der Waals surface area contributed by atoms with Crippen LogP contribution in [-0.2, 0) is 0 Å². The SMILES string of the molecule is CC(N[C@@H](C)c1cccs1)c1ccc(Br)cc1Cl. The number of halogens is 2. The number of nitrogens with one attached hydrogen (secondary N) is 1. The molecule has 96 valence electrons.